The molecular weight excluding hydrogens is 239 g/mol. The fourth-order valence-electron chi connectivity index (χ4n) is 0.844. The van der Waals surface area contributed by atoms with Crippen molar-refractivity contribution in [3.8, 4) is 0 Å². The van der Waals surface area contributed by atoms with E-state index in [1.165, 1.54) is 0 Å². The quantitative estimate of drug-likeness (QED) is 0.731. The van der Waals surface area contributed by atoms with E-state index in [1.807, 2.05) is 0 Å². The van der Waals surface area contributed by atoms with Gasteiger partial charge in [0.2, 0.25) is 5.03 Å². The SMILES string of the molecule is CC(C)c1ccc(S(F)(F)(F)(F)F)nn1. The van der Waals surface area contributed by atoms with E-state index in [1.54, 1.807) is 13.8 Å². The lowest BCUT2D eigenvalue weighted by Crippen LogP contribution is -2.10. The van der Waals surface area contributed by atoms with E-state index in [0.717, 1.165) is 6.07 Å². The number of nitrogens with zero attached hydrogens (tertiary/aromatic N) is 2. The molecule has 0 spiro atoms. The molecule has 0 aliphatic rings. The molecule has 0 radical (unpaired) electrons. The van der Waals surface area contributed by atoms with E-state index in [4.69, 9.17) is 0 Å². The average Bonchev–Trinajstić information content (AvgIpc) is 2.00. The Morgan fingerprint density at radius 1 is 1.00 bits per heavy atom. The van der Waals surface area contributed by atoms with Gasteiger partial charge in [-0.1, -0.05) is 33.3 Å². The molecule has 1 aromatic rings. The highest BCUT2D eigenvalue weighted by Crippen LogP contribution is 3.01. The Balaban J connectivity index is 3.23. The Morgan fingerprint density at radius 2 is 1.53 bits per heavy atom. The molecule has 0 aliphatic heterocycles. The first-order valence-electron chi connectivity index (χ1n) is 3.98. The van der Waals surface area contributed by atoms with E-state index >= 15 is 0 Å². The Morgan fingerprint density at radius 3 is 1.80 bits per heavy atom. The van der Waals surface area contributed by atoms with Crippen molar-refractivity contribution < 1.29 is 19.4 Å². The van der Waals surface area contributed by atoms with E-state index in [0.29, 0.717) is 0 Å². The van der Waals surface area contributed by atoms with Gasteiger partial charge in [-0.3, -0.25) is 0 Å². The summed E-state index contributed by atoms with van der Waals surface area (Å²) in [7, 11) is -9.66. The topological polar surface area (TPSA) is 25.8 Å². The lowest BCUT2D eigenvalue weighted by atomic mass is 10.1. The van der Waals surface area contributed by atoms with Gasteiger partial charge in [-0.25, -0.2) is 0 Å². The maximum Gasteiger partial charge on any atom is 0.327 e. The molecule has 0 saturated heterocycles. The molecule has 1 rings (SSSR count). The van der Waals surface area contributed by atoms with Crippen LogP contribution in [0.2, 0.25) is 0 Å². The zero-order chi connectivity index (χ0) is 12.0. The molecule has 0 aromatic carbocycles. The van der Waals surface area contributed by atoms with Crippen LogP contribution in [0.1, 0.15) is 25.5 Å². The first kappa shape index (κ1) is 12.2. The average molecular weight is 248 g/mol. The van der Waals surface area contributed by atoms with Crippen LogP contribution in [0.3, 0.4) is 0 Å². The first-order chi connectivity index (χ1) is 6.40. The number of hydrogen-bond donors (Lipinski definition) is 0. The summed E-state index contributed by atoms with van der Waals surface area (Å²) >= 11 is 0. The predicted octanol–water partition coefficient (Wildman–Crippen LogP) is 4.26. The molecule has 0 fully saturated rings. The molecule has 0 amide bonds. The minimum absolute atomic E-state index is 0.162. The molecule has 0 aliphatic carbocycles. The lowest BCUT2D eigenvalue weighted by Gasteiger charge is -2.38. The standard InChI is InChI=1S/C7H9F5N2S/c1-5(2)6-3-4-7(14-13-6)15(8,9,10,11)12/h3-5H,1-2H3. The molecule has 0 atom stereocenters. The van der Waals surface area contributed by atoms with Crippen molar-refractivity contribution in [1.29, 1.82) is 0 Å². The van der Waals surface area contributed by atoms with Crippen LogP contribution in [0.25, 0.3) is 0 Å². The van der Waals surface area contributed by atoms with Crippen molar-refractivity contribution in [2.24, 2.45) is 0 Å². The van der Waals surface area contributed by atoms with Gasteiger partial charge < -0.3 is 0 Å². The highest BCUT2D eigenvalue weighted by molar-refractivity contribution is 8.45. The normalized spacial score (nSPS) is 17.3. The second kappa shape index (κ2) is 2.60. The smallest absolute Gasteiger partial charge is 0.154 e. The van der Waals surface area contributed by atoms with Crippen LogP contribution >= 0.6 is 10.2 Å². The molecule has 8 heteroatoms. The zero-order valence-corrected chi connectivity index (χ0v) is 8.74. The van der Waals surface area contributed by atoms with E-state index in [2.05, 4.69) is 10.2 Å². The minimum Gasteiger partial charge on any atom is -0.154 e. The van der Waals surface area contributed by atoms with Gasteiger partial charge in [0.05, 0.1) is 5.69 Å². The molecule has 1 aromatic heterocycles. The van der Waals surface area contributed by atoms with Crippen molar-refractivity contribution >= 4 is 10.2 Å². The zero-order valence-electron chi connectivity index (χ0n) is 7.92. The Hall–Kier alpha value is -0.920. The largest absolute Gasteiger partial charge is 0.327 e. The van der Waals surface area contributed by atoms with Crippen LogP contribution in [0.4, 0.5) is 19.4 Å². The van der Waals surface area contributed by atoms with Crippen molar-refractivity contribution in [3.63, 3.8) is 0 Å². The molecule has 15 heavy (non-hydrogen) atoms. The highest BCUT2D eigenvalue weighted by atomic mass is 32.5. The van der Waals surface area contributed by atoms with Gasteiger partial charge in [0.15, 0.2) is 0 Å². The molecule has 0 N–H and O–H groups in total. The minimum atomic E-state index is -9.66. The number of hydrogen-bond acceptors (Lipinski definition) is 2. The van der Waals surface area contributed by atoms with Crippen molar-refractivity contribution in [1.82, 2.24) is 10.2 Å². The monoisotopic (exact) mass is 248 g/mol. The van der Waals surface area contributed by atoms with Crippen molar-refractivity contribution in [2.75, 3.05) is 0 Å². The highest BCUT2D eigenvalue weighted by Gasteiger charge is 2.67. The van der Waals surface area contributed by atoms with Crippen molar-refractivity contribution in [2.45, 2.75) is 24.8 Å². The van der Waals surface area contributed by atoms with Gasteiger partial charge in [0.1, 0.15) is 0 Å². The van der Waals surface area contributed by atoms with Crippen LogP contribution in [-0.2, 0) is 0 Å². The van der Waals surface area contributed by atoms with Gasteiger partial charge in [-0.2, -0.15) is 5.10 Å². The number of rotatable bonds is 2. The molecule has 1 heterocycles. The van der Waals surface area contributed by atoms with Crippen LogP contribution in [0.5, 0.6) is 0 Å². The summed E-state index contributed by atoms with van der Waals surface area (Å²) in [5, 5.41) is 3.46. The van der Waals surface area contributed by atoms with Crippen LogP contribution in [0, 0.1) is 0 Å². The van der Waals surface area contributed by atoms with Gasteiger partial charge in [0.25, 0.3) is 0 Å². The second-order valence-electron chi connectivity index (χ2n) is 3.42. The summed E-state index contributed by atoms with van der Waals surface area (Å²) in [6.07, 6.45) is 0. The summed E-state index contributed by atoms with van der Waals surface area (Å²) in [5.41, 5.74) is 0.237. The van der Waals surface area contributed by atoms with E-state index in [-0.39, 0.29) is 17.7 Å². The fraction of sp³-hybridized carbons (Fsp3) is 0.429. The third-order valence-electron chi connectivity index (χ3n) is 1.65. The van der Waals surface area contributed by atoms with Crippen LogP contribution in [-0.4, -0.2) is 10.2 Å². The summed E-state index contributed by atoms with van der Waals surface area (Å²) in [6, 6.07) is 1.18. The number of aromatic nitrogens is 2. The lowest BCUT2D eigenvalue weighted by molar-refractivity contribution is 0.356. The predicted molar refractivity (Wildman–Crippen MR) is 47.5 cm³/mol. The van der Waals surface area contributed by atoms with Crippen molar-refractivity contribution in [3.05, 3.63) is 17.8 Å². The first-order valence-corrected chi connectivity index (χ1v) is 5.93. The molecule has 88 valence electrons. The third kappa shape index (κ3) is 3.01. The Kier molecular flexibility index (Phi) is 2.11. The maximum atomic E-state index is 12.2. The summed E-state index contributed by atoms with van der Waals surface area (Å²) in [5.74, 6) is -0.162. The molecular formula is C7H9F5N2S. The Bertz CT molecular complexity index is 368. The van der Waals surface area contributed by atoms with Gasteiger partial charge >= 0.3 is 10.2 Å². The second-order valence-corrected chi connectivity index (χ2v) is 5.78. The van der Waals surface area contributed by atoms with Crippen LogP contribution in [0.15, 0.2) is 17.2 Å². The molecule has 0 saturated carbocycles. The summed E-state index contributed by atoms with van der Waals surface area (Å²) in [4.78, 5) is 0. The van der Waals surface area contributed by atoms with E-state index in [9.17, 15) is 19.4 Å². The molecule has 0 bridgehead atoms. The van der Waals surface area contributed by atoms with Crippen LogP contribution < -0.4 is 0 Å². The number of halogens is 5. The summed E-state index contributed by atoms with van der Waals surface area (Å²) < 4.78 is 60.9. The summed E-state index contributed by atoms with van der Waals surface area (Å²) in [6.45, 7) is 3.34. The Labute approximate surface area is 83.2 Å². The third-order valence-corrected chi connectivity index (χ3v) is 2.66. The van der Waals surface area contributed by atoms with Gasteiger partial charge in [0, 0.05) is 0 Å². The molecule has 2 nitrogen and oxygen atoms in total. The van der Waals surface area contributed by atoms with Gasteiger partial charge in [-0.05, 0) is 18.1 Å². The van der Waals surface area contributed by atoms with E-state index < -0.39 is 15.3 Å². The maximum absolute atomic E-state index is 12.2. The van der Waals surface area contributed by atoms with Gasteiger partial charge in [-0.15, -0.1) is 5.10 Å². The molecule has 0 unspecified atom stereocenters. The fourth-order valence-corrected chi connectivity index (χ4v) is 1.36.